The Morgan fingerprint density at radius 1 is 1.55 bits per heavy atom. The van der Waals surface area contributed by atoms with Crippen LogP contribution in [0.15, 0.2) is 22.9 Å². The summed E-state index contributed by atoms with van der Waals surface area (Å²) in [6.45, 7) is 4.47. The first kappa shape index (κ1) is 8.54. The lowest BCUT2D eigenvalue weighted by Gasteiger charge is -1.95. The highest BCUT2D eigenvalue weighted by Gasteiger charge is 1.88. The summed E-state index contributed by atoms with van der Waals surface area (Å²) in [5.41, 5.74) is 1.33. The molecule has 0 nitrogen and oxygen atoms in total. The summed E-state index contributed by atoms with van der Waals surface area (Å²) in [6.07, 6.45) is 5.61. The molecule has 0 atom stereocenters. The number of hydrogen-bond donors (Lipinski definition) is 0. The third kappa shape index (κ3) is 3.38. The van der Waals surface area contributed by atoms with E-state index in [1.165, 1.54) is 12.0 Å². The molecular weight excluding hydrogens is 152 g/mol. The van der Waals surface area contributed by atoms with Crippen molar-refractivity contribution in [3.8, 4) is 0 Å². The molecule has 0 amide bonds. The maximum absolute atomic E-state index is 2.24. The number of rotatable bonds is 3. The van der Waals surface area contributed by atoms with Gasteiger partial charge in [0.15, 0.2) is 0 Å². The van der Waals surface area contributed by atoms with E-state index in [4.69, 9.17) is 0 Å². The average molecular weight is 166 g/mol. The van der Waals surface area contributed by atoms with E-state index in [0.717, 1.165) is 5.92 Å². The molecule has 0 aliphatic rings. The summed E-state index contributed by atoms with van der Waals surface area (Å²) < 4.78 is 0. The van der Waals surface area contributed by atoms with Gasteiger partial charge in [-0.05, 0) is 34.7 Å². The molecule has 60 valence electrons. The van der Waals surface area contributed by atoms with Gasteiger partial charge in [-0.2, -0.15) is 11.3 Å². The number of hydrogen-bond acceptors (Lipinski definition) is 1. The van der Waals surface area contributed by atoms with Crippen LogP contribution in [-0.4, -0.2) is 0 Å². The van der Waals surface area contributed by atoms with Crippen LogP contribution in [0.3, 0.4) is 0 Å². The Labute approximate surface area is 72.6 Å². The van der Waals surface area contributed by atoms with Gasteiger partial charge in [0.2, 0.25) is 0 Å². The minimum atomic E-state index is 0.768. The normalized spacial score (nSPS) is 11.5. The maximum atomic E-state index is 2.24. The molecule has 0 bridgehead atoms. The second-order valence-electron chi connectivity index (χ2n) is 3.09. The zero-order valence-electron chi connectivity index (χ0n) is 7.08. The van der Waals surface area contributed by atoms with Gasteiger partial charge in [-0.15, -0.1) is 0 Å². The minimum absolute atomic E-state index is 0.768. The molecule has 1 heteroatoms. The molecule has 0 unspecified atom stereocenters. The van der Waals surface area contributed by atoms with Crippen LogP contribution in [0.4, 0.5) is 0 Å². The van der Waals surface area contributed by atoms with Gasteiger partial charge >= 0.3 is 0 Å². The van der Waals surface area contributed by atoms with Gasteiger partial charge in [0.25, 0.3) is 0 Å². The van der Waals surface area contributed by atoms with Gasteiger partial charge < -0.3 is 0 Å². The maximum Gasteiger partial charge on any atom is -0.00209 e. The van der Waals surface area contributed by atoms with Crippen LogP contribution >= 0.6 is 11.3 Å². The van der Waals surface area contributed by atoms with Crippen molar-refractivity contribution in [1.29, 1.82) is 0 Å². The lowest BCUT2D eigenvalue weighted by molar-refractivity contribution is 0.665. The summed E-state index contributed by atoms with van der Waals surface area (Å²) in [7, 11) is 0. The SMILES string of the molecule is CC(C)C/C=C/c1ccsc1. The highest BCUT2D eigenvalue weighted by atomic mass is 32.1. The van der Waals surface area contributed by atoms with Crippen molar-refractivity contribution in [3.63, 3.8) is 0 Å². The summed E-state index contributed by atoms with van der Waals surface area (Å²) in [5.74, 6) is 0.768. The average Bonchev–Trinajstić information content (AvgIpc) is 2.39. The molecule has 0 N–H and O–H groups in total. The van der Waals surface area contributed by atoms with Gasteiger partial charge in [-0.25, -0.2) is 0 Å². The van der Waals surface area contributed by atoms with Crippen molar-refractivity contribution in [2.24, 2.45) is 5.92 Å². The second kappa shape index (κ2) is 4.35. The van der Waals surface area contributed by atoms with Crippen LogP contribution in [0.2, 0.25) is 0 Å². The molecule has 0 fully saturated rings. The van der Waals surface area contributed by atoms with Crippen LogP contribution in [0.1, 0.15) is 25.8 Å². The third-order valence-corrected chi connectivity index (χ3v) is 2.16. The first-order chi connectivity index (χ1) is 5.29. The standard InChI is InChI=1S/C10H14S/c1-9(2)4-3-5-10-6-7-11-8-10/h3,5-9H,4H2,1-2H3/b5-3+. The van der Waals surface area contributed by atoms with Crippen molar-refractivity contribution in [3.05, 3.63) is 28.5 Å². The molecule has 0 radical (unpaired) electrons. The first-order valence-electron chi connectivity index (χ1n) is 3.98. The van der Waals surface area contributed by atoms with Crippen molar-refractivity contribution in [2.45, 2.75) is 20.3 Å². The van der Waals surface area contributed by atoms with E-state index in [-0.39, 0.29) is 0 Å². The van der Waals surface area contributed by atoms with E-state index in [0.29, 0.717) is 0 Å². The fourth-order valence-electron chi connectivity index (χ4n) is 0.846. The van der Waals surface area contributed by atoms with Crippen molar-refractivity contribution >= 4 is 17.4 Å². The van der Waals surface area contributed by atoms with Gasteiger partial charge in [0.1, 0.15) is 0 Å². The molecule has 1 rings (SSSR count). The van der Waals surface area contributed by atoms with Crippen LogP contribution in [0.25, 0.3) is 6.08 Å². The van der Waals surface area contributed by atoms with E-state index < -0.39 is 0 Å². The van der Waals surface area contributed by atoms with E-state index in [1.54, 1.807) is 11.3 Å². The third-order valence-electron chi connectivity index (χ3n) is 1.46. The Bertz CT molecular complexity index is 207. The van der Waals surface area contributed by atoms with Crippen LogP contribution in [0, 0.1) is 5.92 Å². The summed E-state index contributed by atoms with van der Waals surface area (Å²) >= 11 is 1.75. The lowest BCUT2D eigenvalue weighted by Crippen LogP contribution is -1.80. The van der Waals surface area contributed by atoms with Gasteiger partial charge in [0.05, 0.1) is 0 Å². The monoisotopic (exact) mass is 166 g/mol. The molecule has 0 aliphatic heterocycles. The predicted octanol–water partition coefficient (Wildman–Crippen LogP) is 3.81. The zero-order valence-corrected chi connectivity index (χ0v) is 7.90. The molecule has 0 spiro atoms. The lowest BCUT2D eigenvalue weighted by atomic mass is 10.1. The number of allylic oxidation sites excluding steroid dienone is 1. The summed E-state index contributed by atoms with van der Waals surface area (Å²) in [6, 6.07) is 2.14. The fourth-order valence-corrected chi connectivity index (χ4v) is 1.47. The Balaban J connectivity index is 2.37. The van der Waals surface area contributed by atoms with Gasteiger partial charge in [0, 0.05) is 0 Å². The molecule has 1 aromatic rings. The second-order valence-corrected chi connectivity index (χ2v) is 3.87. The van der Waals surface area contributed by atoms with Crippen molar-refractivity contribution in [2.75, 3.05) is 0 Å². The molecular formula is C10H14S. The van der Waals surface area contributed by atoms with Crippen molar-refractivity contribution in [1.82, 2.24) is 0 Å². The van der Waals surface area contributed by atoms with E-state index >= 15 is 0 Å². The Hall–Kier alpha value is -0.560. The summed E-state index contributed by atoms with van der Waals surface area (Å²) in [4.78, 5) is 0. The Kier molecular flexibility index (Phi) is 3.37. The molecule has 0 aliphatic carbocycles. The highest BCUT2D eigenvalue weighted by molar-refractivity contribution is 7.08. The van der Waals surface area contributed by atoms with E-state index in [9.17, 15) is 0 Å². The molecule has 1 heterocycles. The smallest absolute Gasteiger partial charge is 0.00209 e. The quantitative estimate of drug-likeness (QED) is 0.640. The highest BCUT2D eigenvalue weighted by Crippen LogP contribution is 2.09. The summed E-state index contributed by atoms with van der Waals surface area (Å²) in [5, 5.41) is 4.27. The predicted molar refractivity (Wildman–Crippen MR) is 52.8 cm³/mol. The molecule has 0 saturated carbocycles. The fraction of sp³-hybridized carbons (Fsp3) is 0.400. The Morgan fingerprint density at radius 2 is 2.36 bits per heavy atom. The van der Waals surface area contributed by atoms with E-state index in [1.807, 2.05) is 0 Å². The van der Waals surface area contributed by atoms with Crippen LogP contribution in [0.5, 0.6) is 0 Å². The van der Waals surface area contributed by atoms with Crippen LogP contribution in [-0.2, 0) is 0 Å². The first-order valence-corrected chi connectivity index (χ1v) is 4.92. The molecule has 11 heavy (non-hydrogen) atoms. The largest absolute Gasteiger partial charge is 0.152 e. The van der Waals surface area contributed by atoms with Crippen molar-refractivity contribution < 1.29 is 0 Å². The molecule has 1 aromatic heterocycles. The minimum Gasteiger partial charge on any atom is -0.152 e. The topological polar surface area (TPSA) is 0 Å². The zero-order chi connectivity index (χ0) is 8.10. The molecule has 0 aromatic carbocycles. The van der Waals surface area contributed by atoms with Gasteiger partial charge in [-0.1, -0.05) is 26.0 Å². The van der Waals surface area contributed by atoms with Crippen LogP contribution < -0.4 is 0 Å². The molecule has 0 saturated heterocycles. The number of thiophene rings is 1. The Morgan fingerprint density at radius 3 is 2.91 bits per heavy atom. The van der Waals surface area contributed by atoms with E-state index in [2.05, 4.69) is 42.8 Å². The van der Waals surface area contributed by atoms with Gasteiger partial charge in [-0.3, -0.25) is 0 Å².